The van der Waals surface area contributed by atoms with E-state index in [1.807, 2.05) is 12.1 Å². The maximum atomic E-state index is 12.7. The number of nitrogens with one attached hydrogen (secondary N) is 1. The minimum atomic E-state index is -4.03. The summed E-state index contributed by atoms with van der Waals surface area (Å²) in [7, 11) is -4.03. The van der Waals surface area contributed by atoms with Gasteiger partial charge in [0.15, 0.2) is 0 Å². The van der Waals surface area contributed by atoms with Gasteiger partial charge >= 0.3 is 10.1 Å². The normalized spacial score (nSPS) is 21.3. The molecule has 0 aromatic heterocycles. The van der Waals surface area contributed by atoms with E-state index >= 15 is 0 Å². The summed E-state index contributed by atoms with van der Waals surface area (Å²) in [5, 5.41) is 13.7. The molecule has 1 atom stereocenters. The standard InChI is InChI=1S/C22H25N3O5S/c1-22(25-21(26)27)23-19-13-10-17(14-20(19)24-22)30-31(28,29)18-11-8-16(9-12-18)15-6-4-2-3-5-7-15/h8-15,25H,2-7H2,1H3,(H,26,27)/p-1. The van der Waals surface area contributed by atoms with Gasteiger partial charge in [0.25, 0.3) is 0 Å². The van der Waals surface area contributed by atoms with Gasteiger partial charge in [-0.05, 0) is 48.6 Å². The van der Waals surface area contributed by atoms with Crippen molar-refractivity contribution in [2.75, 3.05) is 0 Å². The fourth-order valence-corrected chi connectivity index (χ4v) is 5.10. The molecular weight excluding hydrogens is 418 g/mol. The summed E-state index contributed by atoms with van der Waals surface area (Å²) in [5.74, 6) is -0.860. The minimum absolute atomic E-state index is 0.0724. The van der Waals surface area contributed by atoms with E-state index in [9.17, 15) is 18.3 Å². The van der Waals surface area contributed by atoms with Crippen LogP contribution in [0.3, 0.4) is 0 Å². The van der Waals surface area contributed by atoms with Crippen LogP contribution in [0.5, 0.6) is 5.75 Å². The summed E-state index contributed by atoms with van der Waals surface area (Å²) in [6, 6.07) is 11.3. The van der Waals surface area contributed by atoms with Crippen LogP contribution < -0.4 is 25.3 Å². The van der Waals surface area contributed by atoms with Crippen molar-refractivity contribution in [1.29, 1.82) is 0 Å². The number of amides is 1. The third-order valence-electron chi connectivity index (χ3n) is 5.66. The molecule has 0 bridgehead atoms. The van der Waals surface area contributed by atoms with Gasteiger partial charge in [0.2, 0.25) is 5.79 Å². The van der Waals surface area contributed by atoms with E-state index in [2.05, 4.69) is 15.3 Å². The van der Waals surface area contributed by atoms with Gasteiger partial charge in [-0.1, -0.05) is 37.8 Å². The lowest BCUT2D eigenvalue weighted by atomic mass is 9.92. The number of nitrogens with zero attached hydrogens (tertiary/aromatic N) is 2. The molecule has 2 aliphatic rings. The van der Waals surface area contributed by atoms with Crippen molar-refractivity contribution >= 4 is 16.2 Å². The Kier molecular flexibility index (Phi) is 5.70. The first-order chi connectivity index (χ1) is 14.7. The minimum Gasteiger partial charge on any atom is -0.530 e. The third kappa shape index (κ3) is 4.87. The van der Waals surface area contributed by atoms with Gasteiger partial charge in [-0.2, -0.15) is 8.42 Å². The monoisotopic (exact) mass is 442 g/mol. The zero-order valence-corrected chi connectivity index (χ0v) is 18.0. The van der Waals surface area contributed by atoms with Gasteiger partial charge in [-0.15, -0.1) is 0 Å². The largest absolute Gasteiger partial charge is 0.530 e. The maximum absolute atomic E-state index is 12.7. The fraction of sp³-hybridized carbons (Fsp3) is 0.409. The Morgan fingerprint density at radius 1 is 1.03 bits per heavy atom. The molecule has 1 unspecified atom stereocenters. The Hall–Kier alpha value is -2.94. The Morgan fingerprint density at radius 2 is 1.68 bits per heavy atom. The molecule has 4 rings (SSSR count). The summed E-state index contributed by atoms with van der Waals surface area (Å²) in [4.78, 5) is 19.3. The van der Waals surface area contributed by atoms with Crippen LogP contribution in [0.15, 0.2) is 57.3 Å². The number of carboxylic acid groups (broad SMARTS) is 1. The second kappa shape index (κ2) is 8.30. The molecule has 1 N–H and O–H groups in total. The van der Waals surface area contributed by atoms with E-state index in [0.29, 0.717) is 16.6 Å². The average molecular weight is 443 g/mol. The van der Waals surface area contributed by atoms with Gasteiger partial charge in [0, 0.05) is 13.0 Å². The van der Waals surface area contributed by atoms with Crippen LogP contribution in [0.4, 0.5) is 4.79 Å². The van der Waals surface area contributed by atoms with E-state index < -0.39 is 22.0 Å². The fourth-order valence-electron chi connectivity index (χ4n) is 4.18. The van der Waals surface area contributed by atoms with Crippen molar-refractivity contribution in [2.24, 2.45) is 9.98 Å². The summed E-state index contributed by atoms with van der Waals surface area (Å²) in [6.45, 7) is 1.47. The van der Waals surface area contributed by atoms with Crippen molar-refractivity contribution in [1.82, 2.24) is 5.32 Å². The first kappa shape index (κ1) is 21.3. The van der Waals surface area contributed by atoms with Crippen molar-refractivity contribution < 1.29 is 22.5 Å². The Bertz CT molecular complexity index is 1200. The average Bonchev–Trinajstić information content (AvgIpc) is 2.87. The molecule has 1 aliphatic carbocycles. The summed E-state index contributed by atoms with van der Waals surface area (Å²) >= 11 is 0. The molecule has 9 heteroatoms. The molecule has 1 heterocycles. The van der Waals surface area contributed by atoms with Gasteiger partial charge in [-0.25, -0.2) is 9.98 Å². The van der Waals surface area contributed by atoms with E-state index in [1.54, 1.807) is 12.1 Å². The maximum Gasteiger partial charge on any atom is 0.339 e. The number of fused-ring (bicyclic) bond motifs is 1. The number of carbonyl (C=O) groups excluding carboxylic acids is 1. The zero-order chi connectivity index (χ0) is 22.1. The van der Waals surface area contributed by atoms with Crippen LogP contribution in [0, 0.1) is 0 Å². The first-order valence-corrected chi connectivity index (χ1v) is 11.8. The number of hydrogen-bond acceptors (Lipinski definition) is 7. The molecule has 0 spiro atoms. The predicted molar refractivity (Wildman–Crippen MR) is 110 cm³/mol. The molecule has 2 aromatic carbocycles. The van der Waals surface area contributed by atoms with Crippen LogP contribution in [0.2, 0.25) is 0 Å². The number of carbonyl (C=O) groups is 1. The quantitative estimate of drug-likeness (QED) is 0.559. The van der Waals surface area contributed by atoms with Crippen molar-refractivity contribution in [3.05, 3.63) is 58.7 Å². The summed E-state index contributed by atoms with van der Waals surface area (Å²) in [6.07, 6.45) is 5.71. The SMILES string of the molecule is CC1(NC(=O)[O-])N=c2ccc(OS(=O)(=O)c3ccc(C4CCCCCC4)cc3)cc2=N1. The Labute approximate surface area is 180 Å². The number of benzene rings is 2. The van der Waals surface area contributed by atoms with Gasteiger partial charge in [0.1, 0.15) is 16.7 Å². The highest BCUT2D eigenvalue weighted by molar-refractivity contribution is 7.87. The van der Waals surface area contributed by atoms with Crippen molar-refractivity contribution in [3.8, 4) is 5.75 Å². The number of hydrogen-bond donors (Lipinski definition) is 1. The topological polar surface area (TPSA) is 120 Å². The van der Waals surface area contributed by atoms with Gasteiger partial charge < -0.3 is 19.4 Å². The van der Waals surface area contributed by atoms with Crippen LogP contribution >= 0.6 is 0 Å². The second-order valence-corrected chi connectivity index (χ2v) is 9.65. The lowest BCUT2D eigenvalue weighted by Gasteiger charge is -2.20. The van der Waals surface area contributed by atoms with Crippen molar-refractivity contribution in [2.45, 2.75) is 62.0 Å². The molecule has 1 fully saturated rings. The molecule has 164 valence electrons. The molecule has 1 saturated carbocycles. The van der Waals surface area contributed by atoms with Gasteiger partial charge in [-0.3, -0.25) is 0 Å². The van der Waals surface area contributed by atoms with Crippen LogP contribution in [-0.2, 0) is 10.1 Å². The highest BCUT2D eigenvalue weighted by Gasteiger charge is 2.25. The molecule has 31 heavy (non-hydrogen) atoms. The van der Waals surface area contributed by atoms with Crippen LogP contribution in [-0.4, -0.2) is 20.3 Å². The molecule has 0 radical (unpaired) electrons. The highest BCUT2D eigenvalue weighted by Crippen LogP contribution is 2.32. The lowest BCUT2D eigenvalue weighted by molar-refractivity contribution is -0.252. The lowest BCUT2D eigenvalue weighted by Crippen LogP contribution is -2.48. The highest BCUT2D eigenvalue weighted by atomic mass is 32.2. The van der Waals surface area contributed by atoms with E-state index in [0.717, 1.165) is 12.8 Å². The van der Waals surface area contributed by atoms with Crippen LogP contribution in [0.1, 0.15) is 56.9 Å². The molecule has 2 aromatic rings. The summed E-state index contributed by atoms with van der Waals surface area (Å²) < 4.78 is 30.8. The predicted octanol–water partition coefficient (Wildman–Crippen LogP) is 1.75. The van der Waals surface area contributed by atoms with Crippen molar-refractivity contribution in [3.63, 3.8) is 0 Å². The van der Waals surface area contributed by atoms with Gasteiger partial charge in [0.05, 0.1) is 10.7 Å². The van der Waals surface area contributed by atoms with Crippen LogP contribution in [0.25, 0.3) is 0 Å². The van der Waals surface area contributed by atoms with E-state index in [4.69, 9.17) is 4.18 Å². The number of rotatable bonds is 5. The molecular formula is C22H24N3O5S-. The smallest absolute Gasteiger partial charge is 0.339 e. The Balaban J connectivity index is 1.53. The van der Waals surface area contributed by atoms with E-state index in [-0.39, 0.29) is 10.6 Å². The second-order valence-electron chi connectivity index (χ2n) is 8.10. The third-order valence-corrected chi connectivity index (χ3v) is 6.92. The zero-order valence-electron chi connectivity index (χ0n) is 17.2. The molecule has 1 aliphatic heterocycles. The molecule has 1 amide bonds. The Morgan fingerprint density at radius 3 is 2.32 bits per heavy atom. The van der Waals surface area contributed by atoms with E-state index in [1.165, 1.54) is 56.4 Å². The summed E-state index contributed by atoms with van der Waals surface area (Å²) in [5.41, 5.74) is 1.17. The molecule has 8 nitrogen and oxygen atoms in total. The molecule has 0 saturated heterocycles. The first-order valence-electron chi connectivity index (χ1n) is 10.4.